The van der Waals surface area contributed by atoms with Crippen LogP contribution in [0, 0.1) is 13.8 Å². The normalized spacial score (nSPS) is 22.2. The monoisotopic (exact) mass is 332 g/mol. The van der Waals surface area contributed by atoms with E-state index in [1.54, 1.807) is 6.33 Å². The molecule has 6 nitrogen and oxygen atoms in total. The summed E-state index contributed by atoms with van der Waals surface area (Å²) in [5.74, 6) is 2.96. The molecule has 3 aliphatic heterocycles. The second-order valence-electron chi connectivity index (χ2n) is 6.98. The van der Waals surface area contributed by atoms with Crippen LogP contribution in [0.25, 0.3) is 10.9 Å². The lowest BCUT2D eigenvalue weighted by atomic mass is 9.87. The number of nitrogens with zero attached hydrogens (tertiary/aromatic N) is 6. The van der Waals surface area contributed by atoms with Crippen molar-refractivity contribution in [3.63, 3.8) is 0 Å². The fourth-order valence-corrected chi connectivity index (χ4v) is 4.20. The van der Waals surface area contributed by atoms with Crippen LogP contribution in [0.3, 0.4) is 0 Å². The van der Waals surface area contributed by atoms with Gasteiger partial charge in [0.2, 0.25) is 0 Å². The maximum atomic E-state index is 4.63. The summed E-state index contributed by atoms with van der Waals surface area (Å²) in [5, 5.41) is 1.14. The molecule has 3 aromatic rings. The van der Waals surface area contributed by atoms with Crippen LogP contribution in [-0.2, 0) is 0 Å². The molecule has 126 valence electrons. The minimum Gasteiger partial charge on any atom is -0.352 e. The molecule has 2 aromatic heterocycles. The van der Waals surface area contributed by atoms with Crippen LogP contribution in [0.4, 0.5) is 11.6 Å². The van der Waals surface area contributed by atoms with Crippen molar-refractivity contribution in [3.05, 3.63) is 48.2 Å². The van der Waals surface area contributed by atoms with Crippen LogP contribution in [0.5, 0.6) is 0 Å². The fourth-order valence-electron chi connectivity index (χ4n) is 4.20. The van der Waals surface area contributed by atoms with Crippen molar-refractivity contribution in [1.82, 2.24) is 19.9 Å². The average Bonchev–Trinajstić information content (AvgIpc) is 2.61. The van der Waals surface area contributed by atoms with Gasteiger partial charge in [-0.3, -0.25) is 0 Å². The lowest BCUT2D eigenvalue weighted by molar-refractivity contribution is 0.288. The van der Waals surface area contributed by atoms with Crippen molar-refractivity contribution in [2.45, 2.75) is 32.4 Å². The van der Waals surface area contributed by atoms with Crippen molar-refractivity contribution < 1.29 is 0 Å². The molecule has 0 amide bonds. The highest BCUT2D eigenvalue weighted by molar-refractivity contribution is 5.90. The molecule has 2 bridgehead atoms. The standard InChI is InChI=1S/C19H20N6/c1-12-7-18(23-13(2)22-12)24-9-14-8-15(10-24)25(14)19-16-5-3-4-6-17(16)20-11-21-19/h3-7,11,14-15H,8-10H2,1-2H3. The van der Waals surface area contributed by atoms with Gasteiger partial charge in [0.1, 0.15) is 23.8 Å². The number of hydrogen-bond donors (Lipinski definition) is 0. The molecule has 0 spiro atoms. The van der Waals surface area contributed by atoms with Gasteiger partial charge in [-0.25, -0.2) is 19.9 Å². The Morgan fingerprint density at radius 3 is 2.60 bits per heavy atom. The molecule has 0 N–H and O–H groups in total. The largest absolute Gasteiger partial charge is 0.352 e. The Labute approximate surface area is 146 Å². The number of aryl methyl sites for hydroxylation is 2. The third kappa shape index (κ3) is 2.32. The number of anilines is 2. The summed E-state index contributed by atoms with van der Waals surface area (Å²) >= 11 is 0. The zero-order chi connectivity index (χ0) is 17.0. The van der Waals surface area contributed by atoms with Gasteiger partial charge >= 0.3 is 0 Å². The molecule has 1 aromatic carbocycles. The third-order valence-electron chi connectivity index (χ3n) is 5.24. The Kier molecular flexibility index (Phi) is 3.13. The lowest BCUT2D eigenvalue weighted by Crippen LogP contribution is -2.69. The van der Waals surface area contributed by atoms with Gasteiger partial charge in [-0.2, -0.15) is 0 Å². The first kappa shape index (κ1) is 14.6. The summed E-state index contributed by atoms with van der Waals surface area (Å²) in [6.07, 6.45) is 2.90. The molecular weight excluding hydrogens is 312 g/mol. The van der Waals surface area contributed by atoms with Gasteiger partial charge in [0, 0.05) is 30.2 Å². The maximum absolute atomic E-state index is 4.63. The second-order valence-corrected chi connectivity index (χ2v) is 6.98. The SMILES string of the molecule is Cc1cc(N2CC3CC(C2)N3c2ncnc3ccccc23)nc(C)n1. The van der Waals surface area contributed by atoms with E-state index in [1.807, 2.05) is 19.9 Å². The fraction of sp³-hybridized carbons (Fsp3) is 0.368. The maximum Gasteiger partial charge on any atom is 0.140 e. The van der Waals surface area contributed by atoms with E-state index in [2.05, 4.69) is 54.0 Å². The number of para-hydroxylation sites is 1. The van der Waals surface area contributed by atoms with E-state index in [0.29, 0.717) is 12.1 Å². The number of piperazine rings is 1. The Bertz CT molecular complexity index is 918. The summed E-state index contributed by atoms with van der Waals surface area (Å²) in [5.41, 5.74) is 2.04. The van der Waals surface area contributed by atoms with Crippen LogP contribution in [0.1, 0.15) is 17.9 Å². The summed E-state index contributed by atoms with van der Waals surface area (Å²) in [4.78, 5) is 22.9. The minimum absolute atomic E-state index is 0.479. The molecule has 2 atom stereocenters. The van der Waals surface area contributed by atoms with Gasteiger partial charge in [0.05, 0.1) is 17.6 Å². The number of rotatable bonds is 2. The second kappa shape index (κ2) is 5.37. The van der Waals surface area contributed by atoms with Crippen molar-refractivity contribution >= 4 is 22.5 Å². The quantitative estimate of drug-likeness (QED) is 0.719. The Hall–Kier alpha value is -2.76. The van der Waals surface area contributed by atoms with Gasteiger partial charge in [-0.15, -0.1) is 0 Å². The van der Waals surface area contributed by atoms with Crippen LogP contribution in [0.15, 0.2) is 36.7 Å². The molecule has 0 radical (unpaired) electrons. The zero-order valence-electron chi connectivity index (χ0n) is 14.4. The number of hydrogen-bond acceptors (Lipinski definition) is 6. The first-order valence-corrected chi connectivity index (χ1v) is 8.74. The van der Waals surface area contributed by atoms with Crippen molar-refractivity contribution in [3.8, 4) is 0 Å². The molecule has 3 saturated heterocycles. The van der Waals surface area contributed by atoms with Crippen molar-refractivity contribution in [1.29, 1.82) is 0 Å². The van der Waals surface area contributed by atoms with E-state index in [9.17, 15) is 0 Å². The zero-order valence-corrected chi connectivity index (χ0v) is 14.4. The summed E-state index contributed by atoms with van der Waals surface area (Å²) in [6, 6.07) is 11.3. The van der Waals surface area contributed by atoms with Gasteiger partial charge in [0.25, 0.3) is 0 Å². The number of fused-ring (bicyclic) bond motifs is 3. The third-order valence-corrected chi connectivity index (χ3v) is 5.24. The highest BCUT2D eigenvalue weighted by Crippen LogP contribution is 2.39. The molecule has 3 fully saturated rings. The molecule has 6 heteroatoms. The smallest absolute Gasteiger partial charge is 0.140 e. The van der Waals surface area contributed by atoms with Gasteiger partial charge < -0.3 is 9.80 Å². The van der Waals surface area contributed by atoms with E-state index in [4.69, 9.17) is 0 Å². The molecule has 2 unspecified atom stereocenters. The van der Waals surface area contributed by atoms with Crippen molar-refractivity contribution in [2.24, 2.45) is 0 Å². The van der Waals surface area contributed by atoms with E-state index >= 15 is 0 Å². The molecule has 3 aliphatic rings. The highest BCUT2D eigenvalue weighted by atomic mass is 15.4. The van der Waals surface area contributed by atoms with E-state index < -0.39 is 0 Å². The Balaban J connectivity index is 1.45. The minimum atomic E-state index is 0.479. The predicted molar refractivity (Wildman–Crippen MR) is 97.9 cm³/mol. The average molecular weight is 332 g/mol. The van der Waals surface area contributed by atoms with E-state index in [-0.39, 0.29) is 0 Å². The predicted octanol–water partition coefficient (Wildman–Crippen LogP) is 2.50. The molecule has 0 aliphatic carbocycles. The first-order valence-electron chi connectivity index (χ1n) is 8.74. The molecule has 5 heterocycles. The van der Waals surface area contributed by atoms with Crippen molar-refractivity contribution in [2.75, 3.05) is 22.9 Å². The van der Waals surface area contributed by atoms with Crippen LogP contribution < -0.4 is 9.80 Å². The van der Waals surface area contributed by atoms with E-state index in [1.165, 1.54) is 6.42 Å². The number of benzene rings is 1. The molecular formula is C19H20N6. The molecule has 6 rings (SSSR count). The topological polar surface area (TPSA) is 58.0 Å². The van der Waals surface area contributed by atoms with Crippen LogP contribution >= 0.6 is 0 Å². The number of piperidine rings is 1. The Morgan fingerprint density at radius 1 is 1.00 bits per heavy atom. The van der Waals surface area contributed by atoms with Crippen LogP contribution in [0.2, 0.25) is 0 Å². The number of aromatic nitrogens is 4. The Morgan fingerprint density at radius 2 is 1.80 bits per heavy atom. The van der Waals surface area contributed by atoms with Crippen LogP contribution in [-0.4, -0.2) is 45.1 Å². The van der Waals surface area contributed by atoms with Gasteiger partial charge in [-0.05, 0) is 32.4 Å². The van der Waals surface area contributed by atoms with Gasteiger partial charge in [-0.1, -0.05) is 12.1 Å². The summed E-state index contributed by atoms with van der Waals surface area (Å²) < 4.78 is 0. The molecule has 0 saturated carbocycles. The van der Waals surface area contributed by atoms with E-state index in [0.717, 1.165) is 47.1 Å². The first-order chi connectivity index (χ1) is 12.2. The lowest BCUT2D eigenvalue weighted by Gasteiger charge is -2.57. The van der Waals surface area contributed by atoms with Gasteiger partial charge in [0.15, 0.2) is 0 Å². The summed E-state index contributed by atoms with van der Waals surface area (Å²) in [6.45, 7) is 5.94. The highest BCUT2D eigenvalue weighted by Gasteiger charge is 2.46. The molecule has 25 heavy (non-hydrogen) atoms. The summed E-state index contributed by atoms with van der Waals surface area (Å²) in [7, 11) is 0.